The topological polar surface area (TPSA) is 93.6 Å². The van der Waals surface area contributed by atoms with Gasteiger partial charge in [0.15, 0.2) is 0 Å². The predicted molar refractivity (Wildman–Crippen MR) is 139 cm³/mol. The Balaban J connectivity index is 1.60. The minimum Gasteiger partial charge on any atom is -0.265 e. The molecule has 1 saturated carbocycles. The molecule has 1 aliphatic heterocycles. The number of allylic oxidation sites excluding steroid dienone is 1. The molecule has 0 bridgehead atoms. The molecule has 8 nitrogen and oxygen atoms in total. The second-order valence-electron chi connectivity index (χ2n) is 8.83. The fourth-order valence-corrected chi connectivity index (χ4v) is 5.14. The zero-order valence-electron chi connectivity index (χ0n) is 19.5. The number of benzene rings is 2. The highest BCUT2D eigenvalue weighted by molar-refractivity contribution is 6.30. The molecule has 184 valence electrons. The van der Waals surface area contributed by atoms with Gasteiger partial charge in [0.1, 0.15) is 6.20 Å². The maximum absolute atomic E-state index is 13.8. The van der Waals surface area contributed by atoms with Crippen molar-refractivity contribution >= 4 is 46.6 Å². The van der Waals surface area contributed by atoms with Gasteiger partial charge >= 0.3 is 11.6 Å². The van der Waals surface area contributed by atoms with Gasteiger partial charge in [0, 0.05) is 22.5 Å². The zero-order chi connectivity index (χ0) is 25.4. The lowest BCUT2D eigenvalue weighted by Crippen LogP contribution is -2.32. The van der Waals surface area contributed by atoms with Crippen molar-refractivity contribution in [2.24, 2.45) is 11.0 Å². The number of aryl methyl sites for hydroxylation is 1. The quantitative estimate of drug-likeness (QED) is 0.279. The van der Waals surface area contributed by atoms with Gasteiger partial charge in [-0.3, -0.25) is 19.6 Å². The van der Waals surface area contributed by atoms with Gasteiger partial charge in [-0.2, -0.15) is 10.2 Å². The van der Waals surface area contributed by atoms with Gasteiger partial charge in [0.25, 0.3) is 0 Å². The Morgan fingerprint density at radius 2 is 1.81 bits per heavy atom. The van der Waals surface area contributed by atoms with E-state index in [1.54, 1.807) is 19.1 Å². The van der Waals surface area contributed by atoms with Crippen LogP contribution in [0.1, 0.15) is 53.8 Å². The van der Waals surface area contributed by atoms with Crippen LogP contribution < -0.4 is 0 Å². The van der Waals surface area contributed by atoms with E-state index in [1.165, 1.54) is 15.9 Å². The third-order valence-electron chi connectivity index (χ3n) is 6.60. The number of nitro groups is 1. The third kappa shape index (κ3) is 4.54. The molecule has 2 heterocycles. The number of amides is 1. The highest BCUT2D eigenvalue weighted by Crippen LogP contribution is 2.45. The fourth-order valence-electron chi connectivity index (χ4n) is 4.89. The summed E-state index contributed by atoms with van der Waals surface area (Å²) >= 11 is 12.2. The smallest absolute Gasteiger partial charge is 0.265 e. The van der Waals surface area contributed by atoms with Crippen molar-refractivity contribution in [2.75, 3.05) is 0 Å². The van der Waals surface area contributed by atoms with Crippen LogP contribution in [0.5, 0.6) is 0 Å². The molecular formula is C26H23Cl2N5O3. The van der Waals surface area contributed by atoms with Crippen LogP contribution in [0.15, 0.2) is 65.4 Å². The number of fused-ring (bicyclic) bond motifs is 1. The van der Waals surface area contributed by atoms with E-state index < -0.39 is 16.9 Å². The van der Waals surface area contributed by atoms with Gasteiger partial charge < -0.3 is 0 Å². The largest absolute Gasteiger partial charge is 0.320 e. The van der Waals surface area contributed by atoms with Crippen molar-refractivity contribution in [2.45, 2.75) is 38.8 Å². The van der Waals surface area contributed by atoms with Crippen LogP contribution in [0.4, 0.5) is 5.69 Å². The van der Waals surface area contributed by atoms with E-state index in [0.29, 0.717) is 16.6 Å². The summed E-state index contributed by atoms with van der Waals surface area (Å²) in [4.78, 5) is 24.9. The lowest BCUT2D eigenvalue weighted by atomic mass is 9.77. The summed E-state index contributed by atoms with van der Waals surface area (Å²) in [5, 5.41) is 23.3. The molecule has 0 saturated heterocycles. The van der Waals surface area contributed by atoms with Gasteiger partial charge in [0.2, 0.25) is 5.69 Å². The molecule has 1 fully saturated rings. The van der Waals surface area contributed by atoms with Crippen molar-refractivity contribution in [3.05, 3.63) is 97.3 Å². The second kappa shape index (κ2) is 9.87. The van der Waals surface area contributed by atoms with Gasteiger partial charge in [0.05, 0.1) is 16.7 Å². The number of hydrogen-bond acceptors (Lipinski definition) is 5. The Morgan fingerprint density at radius 3 is 2.44 bits per heavy atom. The van der Waals surface area contributed by atoms with Gasteiger partial charge in [-0.15, -0.1) is 0 Å². The first-order valence-corrected chi connectivity index (χ1v) is 12.5. The first-order valence-electron chi connectivity index (χ1n) is 11.7. The van der Waals surface area contributed by atoms with E-state index in [1.807, 2.05) is 36.4 Å². The number of rotatable bonds is 5. The van der Waals surface area contributed by atoms with Crippen molar-refractivity contribution in [1.29, 1.82) is 0 Å². The predicted octanol–water partition coefficient (Wildman–Crippen LogP) is 6.55. The SMILES string of the molecule is CCn1cc([N+](=O)[O-])c(C(=O)N2N=C3/C(=C/c4ccc(Cl)cc4)CCCC3C2c2ccc(Cl)cc2)n1. The fraction of sp³-hybridized carbons (Fsp3) is 0.269. The molecule has 1 amide bonds. The normalized spacial score (nSPS) is 20.4. The average molecular weight is 524 g/mol. The molecule has 2 aromatic carbocycles. The number of carbonyl (C=O) groups excluding carboxylic acids is 1. The van der Waals surface area contributed by atoms with Crippen LogP contribution >= 0.6 is 23.2 Å². The van der Waals surface area contributed by atoms with Crippen LogP contribution in [0.2, 0.25) is 10.0 Å². The van der Waals surface area contributed by atoms with Crippen LogP contribution in [-0.2, 0) is 6.54 Å². The van der Waals surface area contributed by atoms with Crippen molar-refractivity contribution < 1.29 is 9.72 Å². The monoisotopic (exact) mass is 523 g/mol. The summed E-state index contributed by atoms with van der Waals surface area (Å²) in [6, 6.07) is 14.4. The first kappa shape index (κ1) is 24.2. The maximum atomic E-state index is 13.8. The number of hydrogen-bond donors (Lipinski definition) is 0. The molecule has 36 heavy (non-hydrogen) atoms. The molecule has 2 atom stereocenters. The van der Waals surface area contributed by atoms with Crippen LogP contribution in [0.3, 0.4) is 0 Å². The molecule has 2 unspecified atom stereocenters. The molecule has 0 radical (unpaired) electrons. The van der Waals surface area contributed by atoms with Crippen LogP contribution in [0.25, 0.3) is 6.08 Å². The summed E-state index contributed by atoms with van der Waals surface area (Å²) in [6.07, 6.45) is 5.94. The summed E-state index contributed by atoms with van der Waals surface area (Å²) in [5.74, 6) is -0.656. The van der Waals surface area contributed by atoms with Crippen molar-refractivity contribution in [1.82, 2.24) is 14.8 Å². The zero-order valence-corrected chi connectivity index (χ0v) is 21.0. The Bertz CT molecular complexity index is 1380. The summed E-state index contributed by atoms with van der Waals surface area (Å²) in [5.41, 5.74) is 3.17. The van der Waals surface area contributed by atoms with Crippen LogP contribution in [-0.4, -0.2) is 31.3 Å². The van der Waals surface area contributed by atoms with Crippen molar-refractivity contribution in [3.63, 3.8) is 0 Å². The van der Waals surface area contributed by atoms with Gasteiger partial charge in [-0.05, 0) is 73.2 Å². The molecule has 1 aromatic heterocycles. The minimum absolute atomic E-state index is 0.0604. The second-order valence-corrected chi connectivity index (χ2v) is 9.70. The van der Waals surface area contributed by atoms with Crippen molar-refractivity contribution in [3.8, 4) is 0 Å². The van der Waals surface area contributed by atoms with E-state index >= 15 is 0 Å². The molecule has 1 aliphatic carbocycles. The molecule has 0 spiro atoms. The third-order valence-corrected chi connectivity index (χ3v) is 7.10. The number of aromatic nitrogens is 2. The number of carbonyl (C=O) groups is 1. The summed E-state index contributed by atoms with van der Waals surface area (Å²) < 4.78 is 1.39. The number of nitrogens with zero attached hydrogens (tertiary/aromatic N) is 5. The number of hydrazone groups is 1. The molecule has 3 aromatic rings. The Morgan fingerprint density at radius 1 is 1.14 bits per heavy atom. The first-order chi connectivity index (χ1) is 17.4. The molecule has 0 N–H and O–H groups in total. The summed E-state index contributed by atoms with van der Waals surface area (Å²) in [6.45, 7) is 2.21. The molecule has 5 rings (SSSR count). The Labute approximate surface area is 218 Å². The van der Waals surface area contributed by atoms with Gasteiger partial charge in [-0.25, -0.2) is 5.01 Å². The van der Waals surface area contributed by atoms with E-state index in [9.17, 15) is 14.9 Å². The summed E-state index contributed by atoms with van der Waals surface area (Å²) in [7, 11) is 0. The molecule has 2 aliphatic rings. The Kier molecular flexibility index (Phi) is 6.64. The standard InChI is InChI=1S/C26H23Cl2N5O3/c1-2-31-15-22(33(35)36)24(29-31)26(34)32-25(17-8-12-20(28)13-9-17)21-5-3-4-18(23(21)30-32)14-16-6-10-19(27)11-7-16/h6-15,21,25H,2-5H2,1H3/b18-14+. The Hall–Kier alpha value is -3.49. The van der Waals surface area contributed by atoms with E-state index in [-0.39, 0.29) is 17.3 Å². The maximum Gasteiger partial charge on any atom is 0.320 e. The lowest BCUT2D eigenvalue weighted by molar-refractivity contribution is -0.385. The lowest BCUT2D eigenvalue weighted by Gasteiger charge is -2.29. The van der Waals surface area contributed by atoms with E-state index in [4.69, 9.17) is 28.3 Å². The molecular weight excluding hydrogens is 501 g/mol. The number of halogens is 2. The van der Waals surface area contributed by atoms with E-state index in [0.717, 1.165) is 41.7 Å². The highest BCUT2D eigenvalue weighted by atomic mass is 35.5. The van der Waals surface area contributed by atoms with E-state index in [2.05, 4.69) is 11.2 Å². The van der Waals surface area contributed by atoms with Gasteiger partial charge in [-0.1, -0.05) is 47.5 Å². The average Bonchev–Trinajstić information content (AvgIpc) is 3.49. The minimum atomic E-state index is -0.596. The van der Waals surface area contributed by atoms with Crippen LogP contribution in [0, 0.1) is 16.0 Å². The molecule has 10 heteroatoms. The highest BCUT2D eigenvalue weighted by Gasteiger charge is 2.45.